The molecule has 18 heavy (non-hydrogen) atoms. The monoisotopic (exact) mass is 327 g/mol. The van der Waals surface area contributed by atoms with Gasteiger partial charge in [-0.05, 0) is 28.1 Å². The van der Waals surface area contributed by atoms with Gasteiger partial charge < -0.3 is 10.5 Å². The van der Waals surface area contributed by atoms with E-state index in [0.29, 0.717) is 22.1 Å². The minimum Gasteiger partial charge on any atom is -0.495 e. The Balaban J connectivity index is 2.24. The number of thiazole rings is 1. The second kappa shape index (κ2) is 5.36. The number of ether oxygens (including phenoxy) is 1. The van der Waals surface area contributed by atoms with E-state index in [-0.39, 0.29) is 5.91 Å². The van der Waals surface area contributed by atoms with Crippen molar-refractivity contribution >= 4 is 44.0 Å². The SMILES string of the molecule is COc1cccc(C(=O)Nc2ncc(Br)s2)c1N. The number of carbonyl (C=O) groups is 1. The molecule has 0 aliphatic rings. The summed E-state index contributed by atoms with van der Waals surface area (Å²) in [5.41, 5.74) is 6.52. The molecule has 2 aromatic rings. The van der Waals surface area contributed by atoms with Crippen LogP contribution >= 0.6 is 27.3 Å². The first-order valence-corrected chi connectivity index (χ1v) is 6.58. The Labute approximate surface area is 116 Å². The van der Waals surface area contributed by atoms with E-state index in [9.17, 15) is 4.79 Å². The van der Waals surface area contributed by atoms with Gasteiger partial charge in [0.1, 0.15) is 5.75 Å². The molecular formula is C11H10BrN3O2S. The number of amides is 1. The first-order chi connectivity index (χ1) is 8.61. The number of nitrogen functional groups attached to an aromatic ring is 1. The second-order valence-corrected chi connectivity index (χ2v) is 5.76. The summed E-state index contributed by atoms with van der Waals surface area (Å²) in [6, 6.07) is 5.05. The molecule has 0 saturated heterocycles. The quantitative estimate of drug-likeness (QED) is 0.850. The zero-order chi connectivity index (χ0) is 13.1. The second-order valence-electron chi connectivity index (χ2n) is 3.35. The summed E-state index contributed by atoms with van der Waals surface area (Å²) in [7, 11) is 1.51. The van der Waals surface area contributed by atoms with Crippen molar-refractivity contribution in [1.82, 2.24) is 4.98 Å². The fraction of sp³-hybridized carbons (Fsp3) is 0.0909. The highest BCUT2D eigenvalue weighted by Crippen LogP contribution is 2.27. The lowest BCUT2D eigenvalue weighted by atomic mass is 10.1. The minimum atomic E-state index is -0.312. The van der Waals surface area contributed by atoms with Crippen LogP contribution in [0.15, 0.2) is 28.2 Å². The van der Waals surface area contributed by atoms with Gasteiger partial charge in [0.2, 0.25) is 0 Å². The lowest BCUT2D eigenvalue weighted by Crippen LogP contribution is -2.14. The summed E-state index contributed by atoms with van der Waals surface area (Å²) in [6.07, 6.45) is 1.62. The predicted molar refractivity (Wildman–Crippen MR) is 75.2 cm³/mol. The summed E-state index contributed by atoms with van der Waals surface area (Å²) in [5.74, 6) is 0.163. The summed E-state index contributed by atoms with van der Waals surface area (Å²) in [5, 5.41) is 3.18. The molecular weight excluding hydrogens is 318 g/mol. The van der Waals surface area contributed by atoms with E-state index >= 15 is 0 Å². The topological polar surface area (TPSA) is 77.2 Å². The number of hydrogen-bond acceptors (Lipinski definition) is 5. The molecule has 0 unspecified atom stereocenters. The minimum absolute atomic E-state index is 0.312. The number of methoxy groups -OCH3 is 1. The third-order valence-electron chi connectivity index (χ3n) is 2.23. The Morgan fingerprint density at radius 2 is 2.33 bits per heavy atom. The number of aromatic nitrogens is 1. The number of nitrogens with two attached hydrogens (primary N) is 1. The standard InChI is InChI=1S/C11H10BrN3O2S/c1-17-7-4-2-3-6(9(7)13)10(16)15-11-14-5-8(12)18-11/h2-5H,13H2,1H3,(H,14,15,16). The van der Waals surface area contributed by atoms with Crippen LogP contribution in [-0.2, 0) is 0 Å². The van der Waals surface area contributed by atoms with Crippen molar-refractivity contribution in [3.05, 3.63) is 33.7 Å². The molecule has 5 nitrogen and oxygen atoms in total. The Kier molecular flexibility index (Phi) is 3.83. The molecule has 1 heterocycles. The molecule has 7 heteroatoms. The summed E-state index contributed by atoms with van der Waals surface area (Å²) < 4.78 is 5.91. The van der Waals surface area contributed by atoms with E-state index < -0.39 is 0 Å². The zero-order valence-electron chi connectivity index (χ0n) is 9.44. The molecule has 0 aliphatic heterocycles. The van der Waals surface area contributed by atoms with Gasteiger partial charge in [-0.3, -0.25) is 10.1 Å². The van der Waals surface area contributed by atoms with E-state index in [4.69, 9.17) is 10.5 Å². The highest BCUT2D eigenvalue weighted by Gasteiger charge is 2.14. The Morgan fingerprint density at radius 1 is 1.56 bits per heavy atom. The van der Waals surface area contributed by atoms with Gasteiger partial charge in [0, 0.05) is 0 Å². The molecule has 0 radical (unpaired) electrons. The summed E-state index contributed by atoms with van der Waals surface area (Å²) in [6.45, 7) is 0. The van der Waals surface area contributed by atoms with Crippen LogP contribution in [0.1, 0.15) is 10.4 Å². The number of rotatable bonds is 3. The van der Waals surface area contributed by atoms with Crippen LogP contribution in [0.4, 0.5) is 10.8 Å². The van der Waals surface area contributed by atoms with Crippen LogP contribution in [0.2, 0.25) is 0 Å². The molecule has 1 amide bonds. The number of hydrogen-bond donors (Lipinski definition) is 2. The van der Waals surface area contributed by atoms with Crippen molar-refractivity contribution in [2.45, 2.75) is 0 Å². The van der Waals surface area contributed by atoms with Crippen molar-refractivity contribution in [2.75, 3.05) is 18.2 Å². The van der Waals surface area contributed by atoms with Crippen molar-refractivity contribution in [1.29, 1.82) is 0 Å². The highest BCUT2D eigenvalue weighted by atomic mass is 79.9. The van der Waals surface area contributed by atoms with Crippen LogP contribution in [0.3, 0.4) is 0 Å². The van der Waals surface area contributed by atoms with E-state index in [1.54, 1.807) is 24.4 Å². The number of nitrogens with one attached hydrogen (secondary N) is 1. The molecule has 0 bridgehead atoms. The molecule has 2 rings (SSSR count). The smallest absolute Gasteiger partial charge is 0.259 e. The molecule has 0 fully saturated rings. The first-order valence-electron chi connectivity index (χ1n) is 4.97. The lowest BCUT2D eigenvalue weighted by molar-refractivity contribution is 0.102. The van der Waals surface area contributed by atoms with Gasteiger partial charge >= 0.3 is 0 Å². The van der Waals surface area contributed by atoms with Gasteiger partial charge in [0.25, 0.3) is 5.91 Å². The van der Waals surface area contributed by atoms with E-state index in [0.717, 1.165) is 3.79 Å². The average molecular weight is 328 g/mol. The largest absolute Gasteiger partial charge is 0.495 e. The molecule has 3 N–H and O–H groups in total. The fourth-order valence-electron chi connectivity index (χ4n) is 1.40. The van der Waals surface area contributed by atoms with Crippen molar-refractivity contribution in [2.24, 2.45) is 0 Å². The molecule has 1 aromatic heterocycles. The maximum absolute atomic E-state index is 12.0. The maximum Gasteiger partial charge on any atom is 0.259 e. The molecule has 0 saturated carbocycles. The Bertz CT molecular complexity index is 585. The fourth-order valence-corrected chi connectivity index (χ4v) is 2.50. The molecule has 0 aliphatic carbocycles. The van der Waals surface area contributed by atoms with Gasteiger partial charge in [-0.1, -0.05) is 17.4 Å². The lowest BCUT2D eigenvalue weighted by Gasteiger charge is -2.08. The van der Waals surface area contributed by atoms with Crippen LogP contribution < -0.4 is 15.8 Å². The Morgan fingerprint density at radius 3 is 2.94 bits per heavy atom. The zero-order valence-corrected chi connectivity index (χ0v) is 11.8. The first kappa shape index (κ1) is 12.8. The number of halogens is 1. The van der Waals surface area contributed by atoms with Crippen molar-refractivity contribution < 1.29 is 9.53 Å². The number of benzene rings is 1. The summed E-state index contributed by atoms with van der Waals surface area (Å²) in [4.78, 5) is 16.0. The van der Waals surface area contributed by atoms with Gasteiger partial charge in [0.05, 0.1) is 28.3 Å². The number of carbonyl (C=O) groups excluding carboxylic acids is 1. The van der Waals surface area contributed by atoms with E-state index in [1.165, 1.54) is 18.4 Å². The summed E-state index contributed by atoms with van der Waals surface area (Å²) >= 11 is 4.60. The van der Waals surface area contributed by atoms with E-state index in [2.05, 4.69) is 26.2 Å². The number of nitrogens with zero attached hydrogens (tertiary/aromatic N) is 1. The van der Waals surface area contributed by atoms with Crippen LogP contribution in [-0.4, -0.2) is 18.0 Å². The number of para-hydroxylation sites is 1. The molecule has 94 valence electrons. The molecule has 0 spiro atoms. The third-order valence-corrected chi connectivity index (χ3v) is 3.62. The van der Waals surface area contributed by atoms with Crippen LogP contribution in [0, 0.1) is 0 Å². The Hall–Kier alpha value is -1.60. The van der Waals surface area contributed by atoms with Gasteiger partial charge in [-0.2, -0.15) is 0 Å². The van der Waals surface area contributed by atoms with E-state index in [1.807, 2.05) is 0 Å². The average Bonchev–Trinajstić information content (AvgIpc) is 2.75. The predicted octanol–water partition coefficient (Wildman–Crippen LogP) is 2.75. The number of anilines is 2. The molecule has 0 atom stereocenters. The van der Waals surface area contributed by atoms with Gasteiger partial charge in [0.15, 0.2) is 5.13 Å². The van der Waals surface area contributed by atoms with Gasteiger partial charge in [-0.25, -0.2) is 4.98 Å². The maximum atomic E-state index is 12.0. The van der Waals surface area contributed by atoms with Crippen LogP contribution in [0.5, 0.6) is 5.75 Å². The van der Waals surface area contributed by atoms with Crippen molar-refractivity contribution in [3.8, 4) is 5.75 Å². The third kappa shape index (κ3) is 2.62. The highest BCUT2D eigenvalue weighted by molar-refractivity contribution is 9.11. The van der Waals surface area contributed by atoms with Gasteiger partial charge in [-0.15, -0.1) is 0 Å². The normalized spacial score (nSPS) is 10.1. The molecule has 1 aromatic carbocycles. The van der Waals surface area contributed by atoms with Crippen molar-refractivity contribution in [3.63, 3.8) is 0 Å². The van der Waals surface area contributed by atoms with Crippen LogP contribution in [0.25, 0.3) is 0 Å².